The molecule has 114 valence electrons. The summed E-state index contributed by atoms with van der Waals surface area (Å²) < 4.78 is 24.2. The Morgan fingerprint density at radius 1 is 1.21 bits per heavy atom. The van der Waals surface area contributed by atoms with Crippen LogP contribution in [0.1, 0.15) is 0 Å². The maximum Gasteiger partial charge on any atom is 0.469 e. The standard InChI is InChI=1S/C8H17O10P/c1-16-8-6(12)4(10)5(11)7(18-8)3(9)2-17-19(13,14)15/h3-12H,2H2,1H3,(H2,13,14,15)/t3-,4+,5+,6-,7-,8+/m1/s1. The fraction of sp³-hybridized carbons (Fsp3) is 1.00. The Labute approximate surface area is 108 Å². The predicted octanol–water partition coefficient (Wildman–Crippen LogP) is -3.09. The van der Waals surface area contributed by atoms with E-state index in [2.05, 4.69) is 4.52 Å². The van der Waals surface area contributed by atoms with E-state index in [1.807, 2.05) is 0 Å². The Balaban J connectivity index is 2.67. The number of rotatable bonds is 5. The van der Waals surface area contributed by atoms with E-state index in [1.54, 1.807) is 0 Å². The number of hydrogen-bond acceptors (Lipinski definition) is 8. The quantitative estimate of drug-likeness (QED) is 0.286. The molecule has 1 aliphatic heterocycles. The van der Waals surface area contributed by atoms with Crippen molar-refractivity contribution >= 4 is 7.82 Å². The fourth-order valence-corrected chi connectivity index (χ4v) is 2.00. The van der Waals surface area contributed by atoms with Crippen LogP contribution in [-0.4, -0.2) is 80.7 Å². The molecule has 0 aromatic heterocycles. The van der Waals surface area contributed by atoms with Gasteiger partial charge in [0.15, 0.2) is 6.29 Å². The minimum Gasteiger partial charge on any atom is -0.388 e. The molecule has 0 spiro atoms. The third-order valence-corrected chi connectivity index (χ3v) is 3.12. The van der Waals surface area contributed by atoms with Crippen LogP contribution in [0, 0.1) is 0 Å². The lowest BCUT2D eigenvalue weighted by Gasteiger charge is -2.41. The summed E-state index contributed by atoms with van der Waals surface area (Å²) in [5.74, 6) is 0. The van der Waals surface area contributed by atoms with Crippen molar-refractivity contribution in [1.29, 1.82) is 0 Å². The zero-order chi connectivity index (χ0) is 14.8. The third kappa shape index (κ3) is 4.43. The van der Waals surface area contributed by atoms with Crippen molar-refractivity contribution in [3.63, 3.8) is 0 Å². The number of methoxy groups -OCH3 is 1. The van der Waals surface area contributed by atoms with Gasteiger partial charge in [-0.3, -0.25) is 4.52 Å². The lowest BCUT2D eigenvalue weighted by molar-refractivity contribution is -0.305. The van der Waals surface area contributed by atoms with Crippen LogP contribution in [0.3, 0.4) is 0 Å². The summed E-state index contributed by atoms with van der Waals surface area (Å²) in [5, 5.41) is 38.2. The number of hydrogen-bond donors (Lipinski definition) is 6. The molecule has 0 aromatic carbocycles. The largest absolute Gasteiger partial charge is 0.469 e. The fourth-order valence-electron chi connectivity index (χ4n) is 1.65. The molecule has 11 heteroatoms. The van der Waals surface area contributed by atoms with Gasteiger partial charge in [0.2, 0.25) is 0 Å². The second kappa shape index (κ2) is 6.55. The molecule has 1 rings (SSSR count). The molecule has 0 bridgehead atoms. The molecule has 19 heavy (non-hydrogen) atoms. The van der Waals surface area contributed by atoms with Crippen molar-refractivity contribution in [1.82, 2.24) is 0 Å². The summed E-state index contributed by atoms with van der Waals surface area (Å²) in [5.41, 5.74) is 0. The van der Waals surface area contributed by atoms with Gasteiger partial charge in [-0.1, -0.05) is 0 Å². The molecule has 0 aromatic rings. The van der Waals surface area contributed by atoms with Gasteiger partial charge in [0.25, 0.3) is 0 Å². The minimum atomic E-state index is -4.78. The van der Waals surface area contributed by atoms with Crippen LogP contribution in [0.4, 0.5) is 0 Å². The molecule has 10 nitrogen and oxygen atoms in total. The van der Waals surface area contributed by atoms with Crippen LogP contribution in [0.2, 0.25) is 0 Å². The summed E-state index contributed by atoms with van der Waals surface area (Å²) in [6, 6.07) is 0. The van der Waals surface area contributed by atoms with E-state index in [1.165, 1.54) is 7.11 Å². The molecule has 1 fully saturated rings. The Morgan fingerprint density at radius 2 is 1.79 bits per heavy atom. The van der Waals surface area contributed by atoms with Crippen molar-refractivity contribution in [2.45, 2.75) is 36.8 Å². The Morgan fingerprint density at radius 3 is 2.26 bits per heavy atom. The minimum absolute atomic E-state index is 0.828. The molecule has 0 radical (unpaired) electrons. The van der Waals surface area contributed by atoms with Gasteiger partial charge in [-0.15, -0.1) is 0 Å². The van der Waals surface area contributed by atoms with Gasteiger partial charge in [0.1, 0.15) is 30.5 Å². The highest BCUT2D eigenvalue weighted by Gasteiger charge is 2.46. The summed E-state index contributed by atoms with van der Waals surface area (Å²) >= 11 is 0. The van der Waals surface area contributed by atoms with Crippen LogP contribution in [0.15, 0.2) is 0 Å². The van der Waals surface area contributed by atoms with Crippen LogP contribution in [0.25, 0.3) is 0 Å². The number of aliphatic hydroxyl groups is 4. The lowest BCUT2D eigenvalue weighted by atomic mass is 9.95. The maximum atomic E-state index is 10.5. The summed E-state index contributed by atoms with van der Waals surface area (Å²) in [6.45, 7) is -0.828. The molecule has 6 N–H and O–H groups in total. The van der Waals surface area contributed by atoms with E-state index in [4.69, 9.17) is 19.3 Å². The second-order valence-electron chi connectivity index (χ2n) is 4.03. The molecular formula is C8H17O10P. The maximum absolute atomic E-state index is 10.5. The van der Waals surface area contributed by atoms with E-state index in [0.717, 1.165) is 0 Å². The third-order valence-electron chi connectivity index (χ3n) is 2.63. The number of aliphatic hydroxyl groups excluding tert-OH is 4. The molecule has 0 amide bonds. The summed E-state index contributed by atoms with van der Waals surface area (Å²) in [4.78, 5) is 17.0. The molecule has 0 aliphatic carbocycles. The summed E-state index contributed by atoms with van der Waals surface area (Å²) in [7, 11) is -3.61. The number of phosphoric ester groups is 1. The van der Waals surface area contributed by atoms with Gasteiger partial charge in [0.05, 0.1) is 6.61 Å². The van der Waals surface area contributed by atoms with Gasteiger partial charge < -0.3 is 39.7 Å². The van der Waals surface area contributed by atoms with Crippen LogP contribution >= 0.6 is 7.82 Å². The second-order valence-corrected chi connectivity index (χ2v) is 5.27. The number of phosphoric acid groups is 1. The van der Waals surface area contributed by atoms with Crippen LogP contribution in [-0.2, 0) is 18.6 Å². The van der Waals surface area contributed by atoms with E-state index in [9.17, 15) is 25.0 Å². The van der Waals surface area contributed by atoms with E-state index >= 15 is 0 Å². The van der Waals surface area contributed by atoms with Gasteiger partial charge in [0, 0.05) is 7.11 Å². The highest BCUT2D eigenvalue weighted by molar-refractivity contribution is 7.46. The first-order valence-corrected chi connectivity index (χ1v) is 6.81. The Kier molecular flexibility index (Phi) is 5.83. The molecule has 1 aliphatic rings. The van der Waals surface area contributed by atoms with Gasteiger partial charge >= 0.3 is 7.82 Å². The monoisotopic (exact) mass is 304 g/mol. The molecule has 0 unspecified atom stereocenters. The first-order valence-electron chi connectivity index (χ1n) is 5.28. The van der Waals surface area contributed by atoms with Crippen LogP contribution < -0.4 is 0 Å². The molecule has 1 heterocycles. The highest BCUT2D eigenvalue weighted by atomic mass is 31.2. The highest BCUT2D eigenvalue weighted by Crippen LogP contribution is 2.36. The predicted molar refractivity (Wildman–Crippen MR) is 57.7 cm³/mol. The van der Waals surface area contributed by atoms with E-state index in [0.29, 0.717) is 0 Å². The first-order chi connectivity index (χ1) is 8.67. The number of ether oxygens (including phenoxy) is 2. The molecule has 6 atom stereocenters. The first kappa shape index (κ1) is 16.9. The van der Waals surface area contributed by atoms with Crippen LogP contribution in [0.5, 0.6) is 0 Å². The molecule has 1 saturated heterocycles. The Hall–Kier alpha value is -0.130. The normalized spacial score (nSPS) is 38.2. The van der Waals surface area contributed by atoms with Crippen molar-refractivity contribution in [3.8, 4) is 0 Å². The van der Waals surface area contributed by atoms with Crippen molar-refractivity contribution in [2.75, 3.05) is 13.7 Å². The average molecular weight is 304 g/mol. The topological polar surface area (TPSA) is 166 Å². The van der Waals surface area contributed by atoms with E-state index < -0.39 is 51.2 Å². The molecular weight excluding hydrogens is 287 g/mol. The van der Waals surface area contributed by atoms with Gasteiger partial charge in [-0.2, -0.15) is 0 Å². The smallest absolute Gasteiger partial charge is 0.388 e. The molecule has 0 saturated carbocycles. The van der Waals surface area contributed by atoms with Crippen molar-refractivity contribution in [2.24, 2.45) is 0 Å². The zero-order valence-electron chi connectivity index (χ0n) is 9.93. The Bertz CT molecular complexity index is 329. The van der Waals surface area contributed by atoms with E-state index in [-0.39, 0.29) is 0 Å². The average Bonchev–Trinajstić information content (AvgIpc) is 2.33. The zero-order valence-corrected chi connectivity index (χ0v) is 10.8. The van der Waals surface area contributed by atoms with Gasteiger partial charge in [-0.05, 0) is 0 Å². The van der Waals surface area contributed by atoms with Gasteiger partial charge in [-0.25, -0.2) is 4.57 Å². The SMILES string of the molecule is CO[C@H]1O[C@H]([C@H](O)COP(=O)(O)O)[C@@H](O)[C@H](O)[C@H]1O. The van der Waals surface area contributed by atoms with Crippen molar-refractivity contribution in [3.05, 3.63) is 0 Å². The lowest BCUT2D eigenvalue weighted by Crippen LogP contribution is -2.61. The van der Waals surface area contributed by atoms with Crippen molar-refractivity contribution < 1.29 is 48.8 Å². The summed E-state index contributed by atoms with van der Waals surface area (Å²) in [6.07, 6.45) is -9.21.